The highest BCUT2D eigenvalue weighted by atomic mass is 16.6. The van der Waals surface area contributed by atoms with Gasteiger partial charge in [0, 0.05) is 11.8 Å². The van der Waals surface area contributed by atoms with Crippen LogP contribution >= 0.6 is 0 Å². The standard InChI is InChI=1S/C18H20N2O4/c1-2-3-6-13-24-15-11-9-14(10-12-15)19-18(21)16-7-4-5-8-17(16)20(22)23/h4-5,7-12H,2-3,6,13H2,1H3,(H,19,21). The first-order valence-electron chi connectivity index (χ1n) is 7.89. The van der Waals surface area contributed by atoms with Crippen molar-refractivity contribution in [2.75, 3.05) is 11.9 Å². The van der Waals surface area contributed by atoms with Crippen LogP contribution in [0.4, 0.5) is 11.4 Å². The zero-order valence-electron chi connectivity index (χ0n) is 13.5. The predicted octanol–water partition coefficient (Wildman–Crippen LogP) is 4.42. The first-order valence-corrected chi connectivity index (χ1v) is 7.89. The lowest BCUT2D eigenvalue weighted by atomic mass is 10.1. The van der Waals surface area contributed by atoms with Gasteiger partial charge >= 0.3 is 0 Å². The summed E-state index contributed by atoms with van der Waals surface area (Å²) in [5, 5.41) is 13.6. The molecule has 0 aliphatic heterocycles. The van der Waals surface area contributed by atoms with Crippen molar-refractivity contribution >= 4 is 17.3 Å². The maximum Gasteiger partial charge on any atom is 0.282 e. The Hall–Kier alpha value is -2.89. The van der Waals surface area contributed by atoms with Crippen LogP contribution in [-0.2, 0) is 0 Å². The minimum Gasteiger partial charge on any atom is -0.494 e. The van der Waals surface area contributed by atoms with Gasteiger partial charge in [0.1, 0.15) is 11.3 Å². The van der Waals surface area contributed by atoms with Crippen molar-refractivity contribution in [2.45, 2.75) is 26.2 Å². The molecule has 6 heteroatoms. The van der Waals surface area contributed by atoms with Gasteiger partial charge in [-0.2, -0.15) is 0 Å². The second kappa shape index (κ2) is 8.67. The van der Waals surface area contributed by atoms with Crippen molar-refractivity contribution in [3.63, 3.8) is 0 Å². The Morgan fingerprint density at radius 2 is 1.83 bits per heavy atom. The molecule has 1 N–H and O–H groups in total. The summed E-state index contributed by atoms with van der Waals surface area (Å²) in [5.74, 6) is 0.216. The van der Waals surface area contributed by atoms with Crippen molar-refractivity contribution in [3.05, 3.63) is 64.2 Å². The number of nitrogens with zero attached hydrogens (tertiary/aromatic N) is 1. The van der Waals surface area contributed by atoms with Gasteiger partial charge < -0.3 is 10.1 Å². The minimum atomic E-state index is -0.567. The number of benzene rings is 2. The third kappa shape index (κ3) is 4.81. The smallest absolute Gasteiger partial charge is 0.282 e. The lowest BCUT2D eigenvalue weighted by Crippen LogP contribution is -2.13. The van der Waals surface area contributed by atoms with Gasteiger partial charge in [-0.05, 0) is 36.8 Å². The summed E-state index contributed by atoms with van der Waals surface area (Å²) < 4.78 is 5.60. The molecule has 0 unspecified atom stereocenters. The van der Waals surface area contributed by atoms with Crippen LogP contribution in [0, 0.1) is 10.1 Å². The third-order valence-electron chi connectivity index (χ3n) is 3.47. The molecule has 0 aliphatic carbocycles. The van der Waals surface area contributed by atoms with Gasteiger partial charge in [-0.1, -0.05) is 31.9 Å². The van der Waals surface area contributed by atoms with E-state index in [1.165, 1.54) is 18.2 Å². The molecule has 1 amide bonds. The second-order valence-electron chi connectivity index (χ2n) is 5.31. The van der Waals surface area contributed by atoms with Crippen LogP contribution in [-0.4, -0.2) is 17.4 Å². The molecule has 0 radical (unpaired) electrons. The van der Waals surface area contributed by atoms with Crippen molar-refractivity contribution in [1.29, 1.82) is 0 Å². The summed E-state index contributed by atoms with van der Waals surface area (Å²) in [6.07, 6.45) is 3.27. The summed E-state index contributed by atoms with van der Waals surface area (Å²) in [4.78, 5) is 22.6. The number of hydrogen-bond acceptors (Lipinski definition) is 4. The number of anilines is 1. The number of amides is 1. The summed E-state index contributed by atoms with van der Waals surface area (Å²) >= 11 is 0. The number of carbonyl (C=O) groups is 1. The fourth-order valence-corrected chi connectivity index (χ4v) is 2.20. The van der Waals surface area contributed by atoms with Gasteiger partial charge in [0.25, 0.3) is 11.6 Å². The molecule has 0 fully saturated rings. The predicted molar refractivity (Wildman–Crippen MR) is 92.5 cm³/mol. The Kier molecular flexibility index (Phi) is 6.31. The quantitative estimate of drug-likeness (QED) is 0.442. The molecule has 0 saturated heterocycles. The molecule has 0 bridgehead atoms. The van der Waals surface area contributed by atoms with Crippen LogP contribution in [0.1, 0.15) is 36.5 Å². The highest BCUT2D eigenvalue weighted by Gasteiger charge is 2.19. The molecule has 0 spiro atoms. The van der Waals surface area contributed by atoms with E-state index in [-0.39, 0.29) is 11.3 Å². The number of hydrogen-bond donors (Lipinski definition) is 1. The maximum absolute atomic E-state index is 12.2. The van der Waals surface area contributed by atoms with Crippen LogP contribution in [0.3, 0.4) is 0 Å². The fourth-order valence-electron chi connectivity index (χ4n) is 2.20. The van der Waals surface area contributed by atoms with E-state index in [0.717, 1.165) is 25.0 Å². The molecular formula is C18H20N2O4. The Morgan fingerprint density at radius 1 is 1.12 bits per heavy atom. The number of nitrogens with one attached hydrogen (secondary N) is 1. The van der Waals surface area contributed by atoms with Crippen molar-refractivity contribution < 1.29 is 14.5 Å². The van der Waals surface area contributed by atoms with Crippen LogP contribution in [0.25, 0.3) is 0 Å². The summed E-state index contributed by atoms with van der Waals surface area (Å²) in [7, 11) is 0. The summed E-state index contributed by atoms with van der Waals surface area (Å²) in [6.45, 7) is 2.80. The van der Waals surface area contributed by atoms with Crippen LogP contribution < -0.4 is 10.1 Å². The normalized spacial score (nSPS) is 10.2. The molecule has 0 saturated carbocycles. The largest absolute Gasteiger partial charge is 0.494 e. The van der Waals surface area contributed by atoms with E-state index in [4.69, 9.17) is 4.74 Å². The molecule has 0 heterocycles. The Morgan fingerprint density at radius 3 is 2.50 bits per heavy atom. The van der Waals surface area contributed by atoms with Gasteiger partial charge in [0.2, 0.25) is 0 Å². The Labute approximate surface area is 140 Å². The fraction of sp³-hybridized carbons (Fsp3) is 0.278. The summed E-state index contributed by atoms with van der Waals surface area (Å²) in [6, 6.07) is 12.8. The van der Waals surface area contributed by atoms with Gasteiger partial charge in [-0.3, -0.25) is 14.9 Å². The van der Waals surface area contributed by atoms with E-state index in [9.17, 15) is 14.9 Å². The SMILES string of the molecule is CCCCCOc1ccc(NC(=O)c2ccccc2[N+](=O)[O-])cc1. The van der Waals surface area contributed by atoms with E-state index in [1.54, 1.807) is 30.3 Å². The summed E-state index contributed by atoms with van der Waals surface area (Å²) in [5.41, 5.74) is 0.368. The zero-order chi connectivity index (χ0) is 17.4. The van der Waals surface area contributed by atoms with Crippen LogP contribution in [0.15, 0.2) is 48.5 Å². The number of para-hydroxylation sites is 1. The molecular weight excluding hydrogens is 308 g/mol. The van der Waals surface area contributed by atoms with E-state index in [1.807, 2.05) is 0 Å². The number of nitro groups is 1. The Balaban J connectivity index is 1.98. The average molecular weight is 328 g/mol. The van der Waals surface area contributed by atoms with Crippen molar-refractivity contribution in [2.24, 2.45) is 0 Å². The Bertz CT molecular complexity index is 698. The molecule has 0 aromatic heterocycles. The minimum absolute atomic E-state index is 0.0300. The second-order valence-corrected chi connectivity index (χ2v) is 5.31. The van der Waals surface area contributed by atoms with Crippen LogP contribution in [0.5, 0.6) is 5.75 Å². The topological polar surface area (TPSA) is 81.5 Å². The first-order chi connectivity index (χ1) is 11.6. The van der Waals surface area contributed by atoms with Gasteiger partial charge in [0.05, 0.1) is 11.5 Å². The molecule has 2 aromatic carbocycles. The number of unbranched alkanes of at least 4 members (excludes halogenated alkanes) is 2. The highest BCUT2D eigenvalue weighted by Crippen LogP contribution is 2.21. The third-order valence-corrected chi connectivity index (χ3v) is 3.47. The number of rotatable bonds is 8. The van der Waals surface area contributed by atoms with E-state index in [2.05, 4.69) is 12.2 Å². The van der Waals surface area contributed by atoms with Crippen LogP contribution in [0.2, 0.25) is 0 Å². The molecule has 0 atom stereocenters. The molecule has 6 nitrogen and oxygen atoms in total. The first kappa shape index (κ1) is 17.5. The van der Waals surface area contributed by atoms with E-state index in [0.29, 0.717) is 12.3 Å². The molecule has 126 valence electrons. The van der Waals surface area contributed by atoms with Crippen molar-refractivity contribution in [1.82, 2.24) is 0 Å². The lowest BCUT2D eigenvalue weighted by Gasteiger charge is -2.08. The lowest BCUT2D eigenvalue weighted by molar-refractivity contribution is -0.385. The van der Waals surface area contributed by atoms with Gasteiger partial charge in [0.15, 0.2) is 0 Å². The van der Waals surface area contributed by atoms with E-state index >= 15 is 0 Å². The maximum atomic E-state index is 12.2. The molecule has 24 heavy (non-hydrogen) atoms. The van der Waals surface area contributed by atoms with Gasteiger partial charge in [-0.25, -0.2) is 0 Å². The number of nitro benzene ring substituents is 1. The molecule has 2 rings (SSSR count). The number of ether oxygens (including phenoxy) is 1. The molecule has 0 aliphatic rings. The highest BCUT2D eigenvalue weighted by molar-refractivity contribution is 6.07. The van der Waals surface area contributed by atoms with Crippen molar-refractivity contribution in [3.8, 4) is 5.75 Å². The average Bonchev–Trinajstić information content (AvgIpc) is 2.60. The monoisotopic (exact) mass is 328 g/mol. The zero-order valence-corrected chi connectivity index (χ0v) is 13.5. The number of carbonyl (C=O) groups excluding carboxylic acids is 1. The molecule has 2 aromatic rings. The van der Waals surface area contributed by atoms with E-state index < -0.39 is 10.8 Å². The van der Waals surface area contributed by atoms with Gasteiger partial charge in [-0.15, -0.1) is 0 Å².